The van der Waals surface area contributed by atoms with Gasteiger partial charge in [0.15, 0.2) is 0 Å². The van der Waals surface area contributed by atoms with Crippen molar-refractivity contribution in [1.82, 2.24) is 5.32 Å². The van der Waals surface area contributed by atoms with Crippen molar-refractivity contribution in [2.24, 2.45) is 5.73 Å². The molecule has 0 bridgehead atoms. The van der Waals surface area contributed by atoms with Crippen LogP contribution < -0.4 is 11.1 Å². The van der Waals surface area contributed by atoms with Crippen molar-refractivity contribution < 1.29 is 4.79 Å². The molecule has 0 saturated carbocycles. The average Bonchev–Trinajstić information content (AvgIpc) is 2.38. The zero-order chi connectivity index (χ0) is 15.0. The molecule has 0 heterocycles. The van der Waals surface area contributed by atoms with Gasteiger partial charge in [0.2, 0.25) is 5.91 Å². The molecule has 0 aliphatic heterocycles. The number of amides is 1. The summed E-state index contributed by atoms with van der Waals surface area (Å²) >= 11 is 3.42. The second kappa shape index (κ2) is 8.42. The van der Waals surface area contributed by atoms with Crippen molar-refractivity contribution in [2.45, 2.75) is 51.5 Å². The molecule has 3 N–H and O–H groups in total. The van der Waals surface area contributed by atoms with Crippen LogP contribution in [0.15, 0.2) is 28.7 Å². The van der Waals surface area contributed by atoms with Gasteiger partial charge in [-0.25, -0.2) is 0 Å². The highest BCUT2D eigenvalue weighted by molar-refractivity contribution is 9.10. The number of hydrogen-bond donors (Lipinski definition) is 2. The number of nitrogens with one attached hydrogen (secondary N) is 1. The van der Waals surface area contributed by atoms with Crippen LogP contribution in [0.2, 0.25) is 0 Å². The van der Waals surface area contributed by atoms with Crippen LogP contribution in [0.5, 0.6) is 0 Å². The lowest BCUT2D eigenvalue weighted by atomic mass is 9.94. The largest absolute Gasteiger partial charge is 0.347 e. The summed E-state index contributed by atoms with van der Waals surface area (Å²) in [5, 5.41) is 3.10. The monoisotopic (exact) mass is 340 g/mol. The highest BCUT2D eigenvalue weighted by Gasteiger charge is 2.22. The van der Waals surface area contributed by atoms with Gasteiger partial charge in [-0.05, 0) is 50.9 Å². The van der Waals surface area contributed by atoms with E-state index >= 15 is 0 Å². The molecule has 0 aliphatic rings. The molecule has 0 aromatic heterocycles. The van der Waals surface area contributed by atoms with Crippen LogP contribution in [-0.2, 0) is 10.3 Å². The fourth-order valence-electron chi connectivity index (χ4n) is 2.13. The van der Waals surface area contributed by atoms with Crippen LogP contribution in [0.25, 0.3) is 0 Å². The Balaban J connectivity index is 2.41. The predicted molar refractivity (Wildman–Crippen MR) is 87.5 cm³/mol. The Labute approximate surface area is 130 Å². The predicted octanol–water partition coefficient (Wildman–Crippen LogP) is 3.71. The number of benzene rings is 1. The zero-order valence-corrected chi connectivity index (χ0v) is 14.0. The lowest BCUT2D eigenvalue weighted by Crippen LogP contribution is -2.40. The highest BCUT2D eigenvalue weighted by atomic mass is 79.9. The Morgan fingerprint density at radius 1 is 1.15 bits per heavy atom. The van der Waals surface area contributed by atoms with Crippen LogP contribution >= 0.6 is 15.9 Å². The Morgan fingerprint density at radius 3 is 2.35 bits per heavy atom. The van der Waals surface area contributed by atoms with E-state index in [-0.39, 0.29) is 11.4 Å². The normalized spacial score (nSPS) is 11.4. The van der Waals surface area contributed by atoms with Crippen LogP contribution in [0, 0.1) is 0 Å². The van der Waals surface area contributed by atoms with Crippen LogP contribution in [0.3, 0.4) is 0 Å². The molecular formula is C16H25BrN2O. The fourth-order valence-corrected chi connectivity index (χ4v) is 2.40. The molecule has 0 aliphatic carbocycles. The second-order valence-electron chi connectivity index (χ2n) is 5.63. The number of unbranched alkanes of at least 4 members (excludes halogenated alkanes) is 3. The summed E-state index contributed by atoms with van der Waals surface area (Å²) in [5.74, 6) is 0.116. The van der Waals surface area contributed by atoms with E-state index in [2.05, 4.69) is 21.2 Å². The lowest BCUT2D eigenvalue weighted by Gasteiger charge is -2.27. The first-order chi connectivity index (χ1) is 9.45. The van der Waals surface area contributed by atoms with E-state index in [4.69, 9.17) is 5.73 Å². The molecule has 0 radical (unpaired) electrons. The van der Waals surface area contributed by atoms with Crippen molar-refractivity contribution in [2.75, 3.05) is 6.54 Å². The molecule has 1 rings (SSSR count). The summed E-state index contributed by atoms with van der Waals surface area (Å²) < 4.78 is 1.04. The molecule has 3 nitrogen and oxygen atoms in total. The van der Waals surface area contributed by atoms with E-state index in [1.54, 1.807) is 0 Å². The lowest BCUT2D eigenvalue weighted by molar-refractivity contribution is -0.122. The number of rotatable bonds is 8. The fraction of sp³-hybridized carbons (Fsp3) is 0.562. The number of halogens is 1. The van der Waals surface area contributed by atoms with Crippen LogP contribution in [0.4, 0.5) is 0 Å². The summed E-state index contributed by atoms with van der Waals surface area (Å²) in [6.45, 7) is 4.80. The molecule has 4 heteroatoms. The molecular weight excluding hydrogens is 316 g/mol. The van der Waals surface area contributed by atoms with Gasteiger partial charge >= 0.3 is 0 Å². The molecule has 0 unspecified atom stereocenters. The summed E-state index contributed by atoms with van der Waals surface area (Å²) in [7, 11) is 0. The second-order valence-corrected chi connectivity index (χ2v) is 6.55. The van der Waals surface area contributed by atoms with E-state index in [9.17, 15) is 4.79 Å². The van der Waals surface area contributed by atoms with Gasteiger partial charge in [0.1, 0.15) is 0 Å². The summed E-state index contributed by atoms with van der Waals surface area (Å²) in [6, 6.07) is 8.06. The Morgan fingerprint density at radius 2 is 1.75 bits per heavy atom. The molecule has 1 amide bonds. The third-order valence-electron chi connectivity index (χ3n) is 3.38. The Kier molecular flexibility index (Phi) is 7.24. The van der Waals surface area contributed by atoms with Crippen molar-refractivity contribution in [3.05, 3.63) is 34.3 Å². The molecule has 0 spiro atoms. The van der Waals surface area contributed by atoms with Crippen molar-refractivity contribution in [3.63, 3.8) is 0 Å². The van der Waals surface area contributed by atoms with Gasteiger partial charge in [0.25, 0.3) is 0 Å². The van der Waals surface area contributed by atoms with E-state index < -0.39 is 0 Å². The molecule has 1 aromatic rings. The van der Waals surface area contributed by atoms with Gasteiger partial charge in [-0.15, -0.1) is 0 Å². The van der Waals surface area contributed by atoms with E-state index in [1.165, 1.54) is 0 Å². The highest BCUT2D eigenvalue weighted by Crippen LogP contribution is 2.22. The van der Waals surface area contributed by atoms with Gasteiger partial charge in [-0.3, -0.25) is 4.79 Å². The Hall–Kier alpha value is -0.870. The third-order valence-corrected chi connectivity index (χ3v) is 3.90. The smallest absolute Gasteiger partial charge is 0.220 e. The maximum atomic E-state index is 12.0. The molecule has 112 valence electrons. The molecule has 0 atom stereocenters. The summed E-state index contributed by atoms with van der Waals surface area (Å²) in [6.07, 6.45) is 4.75. The van der Waals surface area contributed by atoms with Crippen molar-refractivity contribution in [1.29, 1.82) is 0 Å². The number of nitrogens with two attached hydrogens (primary N) is 1. The first-order valence-electron chi connectivity index (χ1n) is 7.23. The standard InChI is InChI=1S/C16H25BrN2O/c1-16(2,13-8-10-14(17)11-9-13)19-15(20)7-5-3-4-6-12-18/h8-11H,3-7,12,18H2,1-2H3,(H,19,20). The molecule has 0 fully saturated rings. The maximum Gasteiger partial charge on any atom is 0.220 e. The van der Waals surface area contributed by atoms with Gasteiger partial charge < -0.3 is 11.1 Å². The zero-order valence-electron chi connectivity index (χ0n) is 12.4. The minimum absolute atomic E-state index is 0.116. The minimum atomic E-state index is -0.338. The SMILES string of the molecule is CC(C)(NC(=O)CCCCCCN)c1ccc(Br)cc1. The van der Waals surface area contributed by atoms with Crippen LogP contribution in [0.1, 0.15) is 51.5 Å². The molecule has 1 aromatic carbocycles. The quantitative estimate of drug-likeness (QED) is 0.708. The summed E-state index contributed by atoms with van der Waals surface area (Å²) in [4.78, 5) is 12.0. The van der Waals surface area contributed by atoms with Gasteiger partial charge in [0, 0.05) is 10.9 Å². The van der Waals surface area contributed by atoms with E-state index in [1.807, 2.05) is 38.1 Å². The van der Waals surface area contributed by atoms with E-state index in [0.717, 1.165) is 42.3 Å². The topological polar surface area (TPSA) is 55.1 Å². The third kappa shape index (κ3) is 6.06. The number of carbonyl (C=O) groups excluding carboxylic acids is 1. The van der Waals surface area contributed by atoms with Gasteiger partial charge in [-0.1, -0.05) is 40.9 Å². The van der Waals surface area contributed by atoms with Crippen LogP contribution in [-0.4, -0.2) is 12.5 Å². The maximum absolute atomic E-state index is 12.0. The first kappa shape index (κ1) is 17.2. The van der Waals surface area contributed by atoms with E-state index in [0.29, 0.717) is 6.42 Å². The summed E-state index contributed by atoms with van der Waals surface area (Å²) in [5.41, 5.74) is 6.22. The minimum Gasteiger partial charge on any atom is -0.347 e. The van der Waals surface area contributed by atoms with Crippen molar-refractivity contribution >= 4 is 21.8 Å². The average molecular weight is 341 g/mol. The van der Waals surface area contributed by atoms with Gasteiger partial charge in [-0.2, -0.15) is 0 Å². The first-order valence-corrected chi connectivity index (χ1v) is 8.02. The number of carbonyl (C=O) groups is 1. The molecule has 20 heavy (non-hydrogen) atoms. The number of hydrogen-bond acceptors (Lipinski definition) is 2. The van der Waals surface area contributed by atoms with Crippen molar-refractivity contribution in [3.8, 4) is 0 Å². The van der Waals surface area contributed by atoms with Gasteiger partial charge in [0.05, 0.1) is 5.54 Å². The molecule has 0 saturated heterocycles. The Bertz CT molecular complexity index is 415.